The Bertz CT molecular complexity index is 1890. The van der Waals surface area contributed by atoms with Crippen LogP contribution in [0.25, 0.3) is 0 Å². The number of likely N-dealkylation sites (tertiary alicyclic amines) is 1. The van der Waals surface area contributed by atoms with Crippen molar-refractivity contribution < 1.29 is 68.1 Å². The van der Waals surface area contributed by atoms with Crippen LogP contribution in [0.1, 0.15) is 132 Å². The second-order valence-electron chi connectivity index (χ2n) is 19.5. The van der Waals surface area contributed by atoms with E-state index in [1.807, 2.05) is 0 Å². The molecule has 0 unspecified atom stereocenters. The summed E-state index contributed by atoms with van der Waals surface area (Å²) in [4.78, 5) is 147. The molecule has 0 aliphatic carbocycles. The van der Waals surface area contributed by atoms with Crippen LogP contribution in [0.5, 0.6) is 0 Å². The number of carbonyl (C=O) groups excluding carboxylic acids is 9. The van der Waals surface area contributed by atoms with E-state index in [0.29, 0.717) is 45.2 Å². The molecule has 26 nitrogen and oxygen atoms in total. The fourth-order valence-corrected chi connectivity index (χ4v) is 8.00. The van der Waals surface area contributed by atoms with Gasteiger partial charge in [0.2, 0.25) is 53.2 Å². The molecule has 0 radical (unpaired) electrons. The van der Waals surface area contributed by atoms with Gasteiger partial charge in [0.05, 0.1) is 18.6 Å². The van der Waals surface area contributed by atoms with E-state index in [1.54, 1.807) is 41.5 Å². The fraction of sp³-hybridized carbons (Fsp3) is 0.766. The first-order valence-corrected chi connectivity index (χ1v) is 25.2. The average Bonchev–Trinajstić information content (AvgIpc) is 3.81. The van der Waals surface area contributed by atoms with Crippen LogP contribution in [-0.4, -0.2) is 165 Å². The lowest BCUT2D eigenvalue weighted by molar-refractivity contribution is -0.144. The van der Waals surface area contributed by atoms with E-state index in [0.717, 1.165) is 4.90 Å². The number of nitrogens with one attached hydrogen (secondary N) is 7. The van der Waals surface area contributed by atoms with Crippen molar-refractivity contribution in [1.82, 2.24) is 42.1 Å². The van der Waals surface area contributed by atoms with Gasteiger partial charge in [0.1, 0.15) is 48.3 Å². The number of aliphatic hydroxyl groups is 1. The van der Waals surface area contributed by atoms with Gasteiger partial charge in [-0.2, -0.15) is 0 Å². The van der Waals surface area contributed by atoms with E-state index >= 15 is 0 Å². The molecule has 0 aromatic carbocycles. The Labute approximate surface area is 427 Å². The molecule has 1 fully saturated rings. The molecule has 0 aromatic heterocycles. The van der Waals surface area contributed by atoms with Crippen molar-refractivity contribution >= 4 is 65.1 Å². The van der Waals surface area contributed by atoms with Crippen LogP contribution < -0.4 is 60.2 Å². The van der Waals surface area contributed by atoms with Crippen molar-refractivity contribution in [1.29, 1.82) is 0 Å². The van der Waals surface area contributed by atoms with E-state index in [1.165, 1.54) is 6.92 Å². The highest BCUT2D eigenvalue weighted by molar-refractivity contribution is 5.99. The van der Waals surface area contributed by atoms with E-state index in [4.69, 9.17) is 22.9 Å². The highest BCUT2D eigenvalue weighted by Crippen LogP contribution is 2.21. The second-order valence-corrected chi connectivity index (χ2v) is 19.5. The maximum Gasteiger partial charge on any atom is 0.326 e. The molecular formula is C47H84N12O14. The zero-order valence-corrected chi connectivity index (χ0v) is 43.4. The Morgan fingerprint density at radius 3 is 1.66 bits per heavy atom. The summed E-state index contributed by atoms with van der Waals surface area (Å²) in [5.41, 5.74) is 22.6. The van der Waals surface area contributed by atoms with Crippen LogP contribution in [0.3, 0.4) is 0 Å². The molecule has 416 valence electrons. The number of unbranched alkanes of at least 4 members (excludes halogenated alkanes) is 2. The number of primary amides is 1. The van der Waals surface area contributed by atoms with Gasteiger partial charge in [0, 0.05) is 13.0 Å². The lowest BCUT2D eigenvalue weighted by Crippen LogP contribution is -2.62. The van der Waals surface area contributed by atoms with Gasteiger partial charge >= 0.3 is 11.9 Å². The molecule has 11 atom stereocenters. The number of rotatable bonds is 35. The summed E-state index contributed by atoms with van der Waals surface area (Å²) in [5.74, 6) is -11.9. The zero-order valence-electron chi connectivity index (χ0n) is 43.4. The lowest BCUT2D eigenvalue weighted by atomic mass is 9.95. The van der Waals surface area contributed by atoms with Crippen LogP contribution in [0.4, 0.5) is 0 Å². The standard InChI is InChI=1S/C47H84N12O14/c1-8-26(6)37(57-40(65)29(17-18-35(62)63)52-39(64)28(50)14-9-11-19-48)44(69)56-36(25(4)5)43(68)55-32(23-34(51)61)46(71)59-21-13-16-33(59)42(67)54-31(22-24(2)3)41(66)58-38(27(7)60)45(70)53-30(47(72)73)15-10-12-20-49/h24-33,36-38,60H,8-23,48-50H2,1-7H3,(H2,51,61)(H,52,64)(H,53,70)(H,54,67)(H,55,68)(H,56,69)(H,57,65)(H,58,66)(H,62,63)(H,72,73)/t26-,27+,28-,29-,30-,31-,32-,33-,36-,37-,38-/m0/s1. The minimum absolute atomic E-state index is 0.0157. The lowest BCUT2D eigenvalue weighted by Gasteiger charge is -2.32. The predicted molar refractivity (Wildman–Crippen MR) is 266 cm³/mol. The topological polar surface area (TPSA) is 440 Å². The SMILES string of the molecule is CC[C@H](C)[C@H](NC(=O)[C@H](CCC(=O)O)NC(=O)[C@@H](N)CCCCN)C(=O)N[C@H](C(=O)N[C@@H](CC(N)=O)C(=O)N1CCC[C@H]1C(=O)N[C@@H](CC(C)C)C(=O)N[C@H](C(=O)N[C@@H](CCCCN)C(=O)O)[C@@H](C)O)C(C)C. The van der Waals surface area contributed by atoms with Gasteiger partial charge in [0.25, 0.3) is 0 Å². The van der Waals surface area contributed by atoms with Crippen molar-refractivity contribution in [2.75, 3.05) is 19.6 Å². The third-order valence-corrected chi connectivity index (χ3v) is 12.4. The van der Waals surface area contributed by atoms with E-state index in [9.17, 15) is 68.1 Å². The zero-order chi connectivity index (χ0) is 55.7. The Hall–Kier alpha value is -5.99. The summed E-state index contributed by atoms with van der Waals surface area (Å²) in [6, 6.07) is -12.3. The molecular weight excluding hydrogens is 957 g/mol. The molecule has 0 aromatic rings. The van der Waals surface area contributed by atoms with Gasteiger partial charge in [-0.3, -0.25) is 47.9 Å². The Balaban J connectivity index is 3.36. The number of aliphatic carboxylic acids is 2. The molecule has 0 bridgehead atoms. The smallest absolute Gasteiger partial charge is 0.326 e. The molecule has 18 N–H and O–H groups in total. The molecule has 1 aliphatic heterocycles. The number of carbonyl (C=O) groups is 11. The third-order valence-electron chi connectivity index (χ3n) is 12.4. The predicted octanol–water partition coefficient (Wildman–Crippen LogP) is -3.09. The van der Waals surface area contributed by atoms with Crippen molar-refractivity contribution in [3.05, 3.63) is 0 Å². The first-order valence-electron chi connectivity index (χ1n) is 25.2. The van der Waals surface area contributed by atoms with Crippen LogP contribution in [0.15, 0.2) is 0 Å². The minimum Gasteiger partial charge on any atom is -0.481 e. The highest BCUT2D eigenvalue weighted by atomic mass is 16.4. The number of nitrogens with two attached hydrogens (primary N) is 4. The Kier molecular flexibility index (Phi) is 29.4. The third kappa shape index (κ3) is 22.8. The quantitative estimate of drug-likeness (QED) is 0.0280. The summed E-state index contributed by atoms with van der Waals surface area (Å²) in [6.45, 7) is 11.9. The normalized spacial score (nSPS) is 17.5. The summed E-state index contributed by atoms with van der Waals surface area (Å²) in [5, 5.41) is 47.1. The number of nitrogens with zero attached hydrogens (tertiary/aromatic N) is 1. The number of hydrogen-bond donors (Lipinski definition) is 14. The van der Waals surface area contributed by atoms with Crippen molar-refractivity contribution in [3.63, 3.8) is 0 Å². The highest BCUT2D eigenvalue weighted by Gasteiger charge is 2.42. The minimum atomic E-state index is -1.65. The summed E-state index contributed by atoms with van der Waals surface area (Å²) in [7, 11) is 0. The maximum absolute atomic E-state index is 14.3. The number of hydrogen-bond acceptors (Lipinski definition) is 15. The second kappa shape index (κ2) is 33.0. The molecule has 1 rings (SSSR count). The van der Waals surface area contributed by atoms with E-state index in [2.05, 4.69) is 37.2 Å². The summed E-state index contributed by atoms with van der Waals surface area (Å²) in [6.07, 6.45) is -0.0149. The van der Waals surface area contributed by atoms with E-state index in [-0.39, 0.29) is 51.0 Å². The first kappa shape index (κ1) is 65.0. The van der Waals surface area contributed by atoms with Crippen LogP contribution in [0, 0.1) is 17.8 Å². The fourth-order valence-electron chi connectivity index (χ4n) is 8.00. The summed E-state index contributed by atoms with van der Waals surface area (Å²) < 4.78 is 0. The molecule has 26 heteroatoms. The van der Waals surface area contributed by atoms with Gasteiger partial charge in [0.15, 0.2) is 0 Å². The van der Waals surface area contributed by atoms with Gasteiger partial charge in [-0.05, 0) is 95.6 Å². The molecule has 0 saturated carbocycles. The number of aliphatic hydroxyl groups excluding tert-OH is 1. The molecule has 9 amide bonds. The molecule has 1 aliphatic rings. The first-order chi connectivity index (χ1) is 34.2. The van der Waals surface area contributed by atoms with Gasteiger partial charge in [-0.25, -0.2) is 4.79 Å². The number of carboxylic acid groups (broad SMARTS) is 2. The van der Waals surface area contributed by atoms with Crippen LogP contribution >= 0.6 is 0 Å². The van der Waals surface area contributed by atoms with Gasteiger partial charge < -0.3 is 80.4 Å². The number of carboxylic acids is 2. The molecule has 1 saturated heterocycles. The molecule has 73 heavy (non-hydrogen) atoms. The Morgan fingerprint density at radius 2 is 1.14 bits per heavy atom. The van der Waals surface area contributed by atoms with Crippen LogP contribution in [-0.2, 0) is 52.7 Å². The van der Waals surface area contributed by atoms with Crippen LogP contribution in [0.2, 0.25) is 0 Å². The van der Waals surface area contributed by atoms with Crippen molar-refractivity contribution in [2.45, 2.75) is 192 Å². The van der Waals surface area contributed by atoms with Gasteiger partial charge in [-0.1, -0.05) is 54.4 Å². The average molecular weight is 1040 g/mol. The molecule has 1 heterocycles. The van der Waals surface area contributed by atoms with Gasteiger partial charge in [-0.15, -0.1) is 0 Å². The van der Waals surface area contributed by atoms with E-state index < -0.39 is 150 Å². The maximum atomic E-state index is 14.3. The molecule has 0 spiro atoms. The Morgan fingerprint density at radius 1 is 0.616 bits per heavy atom. The van der Waals surface area contributed by atoms with Crippen molar-refractivity contribution in [2.24, 2.45) is 40.7 Å². The monoisotopic (exact) mass is 1040 g/mol. The summed E-state index contributed by atoms with van der Waals surface area (Å²) >= 11 is 0. The largest absolute Gasteiger partial charge is 0.481 e. The number of amides is 9. The van der Waals surface area contributed by atoms with Crippen molar-refractivity contribution in [3.8, 4) is 0 Å².